The van der Waals surface area contributed by atoms with Crippen molar-refractivity contribution >= 4 is 11.8 Å². The molecule has 4 nitrogen and oxygen atoms in total. The van der Waals surface area contributed by atoms with Crippen molar-refractivity contribution in [1.29, 1.82) is 0 Å². The molecule has 26 heavy (non-hydrogen) atoms. The van der Waals surface area contributed by atoms with E-state index in [9.17, 15) is 19.8 Å². The average Bonchev–Trinajstić information content (AvgIpc) is 2.94. The van der Waals surface area contributed by atoms with Crippen LogP contribution in [0.15, 0.2) is 23.8 Å². The summed E-state index contributed by atoms with van der Waals surface area (Å²) in [7, 11) is 0. The van der Waals surface area contributed by atoms with Crippen LogP contribution in [0.4, 0.5) is 0 Å². The largest absolute Gasteiger partial charge is 0.481 e. The molecule has 0 bridgehead atoms. The van der Waals surface area contributed by atoms with Crippen molar-refractivity contribution in [2.24, 2.45) is 40.4 Å². The van der Waals surface area contributed by atoms with Gasteiger partial charge in [-0.1, -0.05) is 32.4 Å². The summed E-state index contributed by atoms with van der Waals surface area (Å²) in [5.74, 6) is 0.141. The number of carbonyl (C=O) groups excluding carboxylic acids is 1. The fourth-order valence-corrected chi connectivity index (χ4v) is 7.19. The Morgan fingerprint density at radius 1 is 1.23 bits per heavy atom. The molecule has 142 valence electrons. The van der Waals surface area contributed by atoms with E-state index in [4.69, 9.17) is 0 Å². The van der Waals surface area contributed by atoms with E-state index in [2.05, 4.69) is 19.9 Å². The van der Waals surface area contributed by atoms with Crippen LogP contribution in [-0.2, 0) is 9.59 Å². The molecule has 4 aliphatic carbocycles. The Morgan fingerprint density at radius 2 is 1.96 bits per heavy atom. The lowest BCUT2D eigenvalue weighted by molar-refractivity contribution is -0.155. The average molecular weight is 358 g/mol. The number of aliphatic hydroxyl groups is 1. The summed E-state index contributed by atoms with van der Waals surface area (Å²) >= 11 is 0. The Balaban J connectivity index is 1.70. The number of carboxylic acid groups (broad SMARTS) is 1. The molecule has 0 aromatic carbocycles. The summed E-state index contributed by atoms with van der Waals surface area (Å²) in [6.45, 7) is 6.17. The van der Waals surface area contributed by atoms with E-state index in [0.29, 0.717) is 24.2 Å². The van der Waals surface area contributed by atoms with Crippen molar-refractivity contribution < 1.29 is 19.8 Å². The third-order valence-electron chi connectivity index (χ3n) is 8.73. The van der Waals surface area contributed by atoms with Gasteiger partial charge in [-0.15, -0.1) is 0 Å². The summed E-state index contributed by atoms with van der Waals surface area (Å²) in [6.07, 6.45) is 9.68. The number of hydrogen-bond acceptors (Lipinski definition) is 3. The van der Waals surface area contributed by atoms with Crippen LogP contribution in [0.5, 0.6) is 0 Å². The maximum atomic E-state index is 11.8. The zero-order valence-electron chi connectivity index (χ0n) is 15.9. The van der Waals surface area contributed by atoms with Crippen molar-refractivity contribution in [3.05, 3.63) is 23.8 Å². The summed E-state index contributed by atoms with van der Waals surface area (Å²) in [5, 5.41) is 20.8. The van der Waals surface area contributed by atoms with Crippen LogP contribution >= 0.6 is 0 Å². The highest BCUT2D eigenvalue weighted by Gasteiger charge is 2.63. The quantitative estimate of drug-likeness (QED) is 0.791. The zero-order valence-corrected chi connectivity index (χ0v) is 15.9. The van der Waals surface area contributed by atoms with Crippen molar-refractivity contribution in [3.63, 3.8) is 0 Å². The first-order valence-electron chi connectivity index (χ1n) is 10.0. The van der Waals surface area contributed by atoms with E-state index in [0.717, 1.165) is 25.7 Å². The highest BCUT2D eigenvalue weighted by Crippen LogP contribution is 2.66. The highest BCUT2D eigenvalue weighted by atomic mass is 16.4. The minimum absolute atomic E-state index is 0.0363. The molecule has 0 aromatic rings. The molecule has 0 spiro atoms. The van der Waals surface area contributed by atoms with Gasteiger partial charge in [0.2, 0.25) is 0 Å². The molecule has 0 aliphatic heterocycles. The van der Waals surface area contributed by atoms with Crippen LogP contribution in [0.25, 0.3) is 0 Å². The van der Waals surface area contributed by atoms with Crippen LogP contribution in [-0.4, -0.2) is 28.1 Å². The van der Waals surface area contributed by atoms with Gasteiger partial charge >= 0.3 is 5.97 Å². The lowest BCUT2D eigenvalue weighted by atomic mass is 9.46. The van der Waals surface area contributed by atoms with E-state index in [-0.39, 0.29) is 22.5 Å². The van der Waals surface area contributed by atoms with Gasteiger partial charge < -0.3 is 10.2 Å². The molecule has 3 fully saturated rings. The van der Waals surface area contributed by atoms with E-state index in [1.165, 1.54) is 5.57 Å². The summed E-state index contributed by atoms with van der Waals surface area (Å²) < 4.78 is 0. The molecular weight excluding hydrogens is 328 g/mol. The molecule has 4 rings (SSSR count). The van der Waals surface area contributed by atoms with Gasteiger partial charge in [0, 0.05) is 10.8 Å². The van der Waals surface area contributed by atoms with Gasteiger partial charge in [0.15, 0.2) is 5.78 Å². The van der Waals surface area contributed by atoms with Gasteiger partial charge in [0.1, 0.15) is 0 Å². The monoisotopic (exact) mass is 358 g/mol. The van der Waals surface area contributed by atoms with Crippen LogP contribution in [0.2, 0.25) is 0 Å². The van der Waals surface area contributed by atoms with Gasteiger partial charge in [-0.3, -0.25) is 9.59 Å². The topological polar surface area (TPSA) is 74.6 Å². The minimum Gasteiger partial charge on any atom is -0.481 e. The van der Waals surface area contributed by atoms with Gasteiger partial charge in [-0.2, -0.15) is 0 Å². The second kappa shape index (κ2) is 5.79. The highest BCUT2D eigenvalue weighted by molar-refractivity contribution is 6.01. The number of aliphatic carboxylic acids is 1. The second-order valence-electron chi connectivity index (χ2n) is 9.53. The standard InChI is InChI=1S/C22H30O4/c1-12(20(25)26)16-6-7-17-15-5-4-13-10-14(23)8-9-21(13,2)18(15)11-19(24)22(16,17)3/h8-10,12,15-19,24H,4-7,11H2,1-3H3,(H,25,26)/t12?,15-,16-,17+,18+,19+,21-,22+/m1/s1. The van der Waals surface area contributed by atoms with E-state index in [1.807, 2.05) is 0 Å². The van der Waals surface area contributed by atoms with Crippen LogP contribution < -0.4 is 0 Å². The number of allylic oxidation sites excluding steroid dienone is 4. The first-order valence-corrected chi connectivity index (χ1v) is 10.0. The minimum atomic E-state index is -0.749. The summed E-state index contributed by atoms with van der Waals surface area (Å²) in [6, 6.07) is 0. The molecule has 0 radical (unpaired) electrons. The molecule has 0 amide bonds. The fraction of sp³-hybridized carbons (Fsp3) is 0.727. The number of carboxylic acids is 1. The number of rotatable bonds is 2. The van der Waals surface area contributed by atoms with Gasteiger partial charge in [-0.25, -0.2) is 0 Å². The van der Waals surface area contributed by atoms with Crippen LogP contribution in [0.1, 0.15) is 52.9 Å². The Morgan fingerprint density at radius 3 is 2.65 bits per heavy atom. The zero-order chi connectivity index (χ0) is 18.9. The molecule has 0 saturated heterocycles. The number of aliphatic hydroxyl groups excluding tert-OH is 1. The molecular formula is C22H30O4. The Hall–Kier alpha value is -1.42. The smallest absolute Gasteiger partial charge is 0.306 e. The normalized spacial score (nSPS) is 48.2. The first-order chi connectivity index (χ1) is 12.2. The number of carbonyl (C=O) groups is 2. The number of hydrogen-bond donors (Lipinski definition) is 2. The lowest BCUT2D eigenvalue weighted by Gasteiger charge is -2.59. The SMILES string of the molecule is CC(C(=O)O)[C@H]1CC[C@H]2[C@H]3CCC4=CC(=O)C=C[C@@]4(C)[C@H]3C[C@H](O)[C@@]12C. The summed E-state index contributed by atoms with van der Waals surface area (Å²) in [4.78, 5) is 23.5. The van der Waals surface area contributed by atoms with Crippen molar-refractivity contribution in [1.82, 2.24) is 0 Å². The predicted molar refractivity (Wildman–Crippen MR) is 98.3 cm³/mol. The molecule has 4 heteroatoms. The molecule has 8 atom stereocenters. The Labute approximate surface area is 155 Å². The Kier molecular flexibility index (Phi) is 4.00. The molecule has 3 saturated carbocycles. The first kappa shape index (κ1) is 18.0. The molecule has 1 unspecified atom stereocenters. The lowest BCUT2D eigenvalue weighted by Crippen LogP contribution is -2.56. The second-order valence-corrected chi connectivity index (χ2v) is 9.53. The third kappa shape index (κ3) is 2.24. The molecule has 4 aliphatic rings. The molecule has 2 N–H and O–H groups in total. The maximum absolute atomic E-state index is 11.8. The van der Waals surface area contributed by atoms with Gasteiger partial charge in [-0.05, 0) is 67.9 Å². The van der Waals surface area contributed by atoms with Gasteiger partial charge in [0.25, 0.3) is 0 Å². The predicted octanol–water partition coefficient (Wildman–Crippen LogP) is 3.60. The molecule has 0 heterocycles. The molecule has 0 aromatic heterocycles. The van der Waals surface area contributed by atoms with Crippen molar-refractivity contribution in [3.8, 4) is 0 Å². The van der Waals surface area contributed by atoms with E-state index in [1.54, 1.807) is 19.1 Å². The fourth-order valence-electron chi connectivity index (χ4n) is 7.19. The van der Waals surface area contributed by atoms with Crippen LogP contribution in [0.3, 0.4) is 0 Å². The Bertz CT molecular complexity index is 707. The van der Waals surface area contributed by atoms with Gasteiger partial charge in [0.05, 0.1) is 12.0 Å². The third-order valence-corrected chi connectivity index (χ3v) is 8.73. The summed E-state index contributed by atoms with van der Waals surface area (Å²) in [5.41, 5.74) is 0.760. The van der Waals surface area contributed by atoms with Crippen molar-refractivity contribution in [2.75, 3.05) is 0 Å². The van der Waals surface area contributed by atoms with Crippen molar-refractivity contribution in [2.45, 2.75) is 59.0 Å². The number of fused-ring (bicyclic) bond motifs is 5. The number of ketones is 1. The van der Waals surface area contributed by atoms with E-state index >= 15 is 0 Å². The van der Waals surface area contributed by atoms with E-state index < -0.39 is 18.0 Å². The maximum Gasteiger partial charge on any atom is 0.306 e. The van der Waals surface area contributed by atoms with Crippen LogP contribution in [0, 0.1) is 40.4 Å².